The fourth-order valence-electron chi connectivity index (χ4n) is 4.32. The summed E-state index contributed by atoms with van der Waals surface area (Å²) in [5, 5.41) is 24.1. The Hall–Kier alpha value is -5.62. The summed E-state index contributed by atoms with van der Waals surface area (Å²) in [6.07, 6.45) is 4.25. The lowest BCUT2D eigenvalue weighted by Crippen LogP contribution is -2.30. The largest absolute Gasteiger partial charge is 0.453 e. The van der Waals surface area contributed by atoms with Crippen LogP contribution in [-0.4, -0.2) is 49.5 Å². The number of anilines is 1. The Kier molecular flexibility index (Phi) is 8.98. The zero-order valence-corrected chi connectivity index (χ0v) is 23.5. The van der Waals surface area contributed by atoms with Gasteiger partial charge in [0.05, 0.1) is 30.1 Å². The summed E-state index contributed by atoms with van der Waals surface area (Å²) in [5.41, 5.74) is 3.73. The Morgan fingerprint density at radius 1 is 1.07 bits per heavy atom. The van der Waals surface area contributed by atoms with Crippen LogP contribution < -0.4 is 16.2 Å². The number of nitrogens with one attached hydrogen (secondary N) is 3. The number of hydrogen-bond acceptors (Lipinski definition) is 8. The van der Waals surface area contributed by atoms with Gasteiger partial charge in [-0.15, -0.1) is 5.10 Å². The lowest BCUT2D eigenvalue weighted by atomic mass is 10.00. The molecule has 0 radical (unpaired) electrons. The van der Waals surface area contributed by atoms with E-state index < -0.39 is 23.6 Å². The molecule has 1 unspecified atom stereocenters. The van der Waals surface area contributed by atoms with Crippen molar-refractivity contribution in [2.24, 2.45) is 0 Å². The van der Waals surface area contributed by atoms with E-state index >= 15 is 0 Å². The Labute approximate surface area is 250 Å². The van der Waals surface area contributed by atoms with E-state index in [4.69, 9.17) is 11.6 Å². The second-order valence-corrected chi connectivity index (χ2v) is 9.71. The fraction of sp³-hybridized carbons (Fsp3) is 0.100. The first-order chi connectivity index (χ1) is 20.9. The Bertz CT molecular complexity index is 1810. The third-order valence-corrected chi connectivity index (χ3v) is 6.64. The molecule has 3 aromatic carbocycles. The highest BCUT2D eigenvalue weighted by atomic mass is 35.5. The second-order valence-electron chi connectivity index (χ2n) is 9.27. The SMILES string of the molecule is COC(=O)Nc1ccc(-c2cc(C(Cc3ccccc3)NC(=O)C=Cc3cc(Cl)ccc3-n3cnnn3)n[nH]c2=O)cc1. The number of tetrazole rings is 1. The van der Waals surface area contributed by atoms with Gasteiger partial charge in [0.2, 0.25) is 5.91 Å². The van der Waals surface area contributed by atoms with Gasteiger partial charge in [0, 0.05) is 22.3 Å². The van der Waals surface area contributed by atoms with E-state index in [0.29, 0.717) is 45.2 Å². The average molecular weight is 597 g/mol. The maximum Gasteiger partial charge on any atom is 0.411 e. The predicted octanol–water partition coefficient (Wildman–Crippen LogP) is 4.36. The topological polar surface area (TPSA) is 157 Å². The van der Waals surface area contributed by atoms with E-state index in [-0.39, 0.29) is 0 Å². The summed E-state index contributed by atoms with van der Waals surface area (Å²) in [6.45, 7) is 0. The molecule has 5 aromatic rings. The van der Waals surface area contributed by atoms with Crippen LogP contribution in [0.2, 0.25) is 5.02 Å². The molecule has 0 fully saturated rings. The molecule has 13 heteroatoms. The molecule has 2 amide bonds. The van der Waals surface area contributed by atoms with Crippen molar-refractivity contribution in [1.29, 1.82) is 0 Å². The standard InChI is InChI=1S/C30H25ClN8O4/c1-43-30(42)33-23-11-7-20(8-12-23)24-17-26(35-36-29(24)41)25(15-19-5-3-2-4-6-19)34-28(40)14-9-21-16-22(31)10-13-27(21)39-18-32-37-38-39/h2-14,16-18,25H,15H2,1H3,(H,33,42)(H,34,40)(H,36,41). The molecule has 5 rings (SSSR count). The normalized spacial score (nSPS) is 11.7. The second kappa shape index (κ2) is 13.4. The van der Waals surface area contributed by atoms with Gasteiger partial charge in [0.25, 0.3) is 5.56 Å². The number of halogens is 1. The first kappa shape index (κ1) is 28.9. The molecule has 0 aliphatic heterocycles. The molecule has 2 heterocycles. The molecular weight excluding hydrogens is 572 g/mol. The van der Waals surface area contributed by atoms with Crippen LogP contribution in [0.4, 0.5) is 10.5 Å². The molecule has 0 aliphatic rings. The zero-order chi connectivity index (χ0) is 30.2. The molecule has 2 aromatic heterocycles. The summed E-state index contributed by atoms with van der Waals surface area (Å²) < 4.78 is 6.08. The van der Waals surface area contributed by atoms with E-state index in [0.717, 1.165) is 5.56 Å². The van der Waals surface area contributed by atoms with Gasteiger partial charge < -0.3 is 10.1 Å². The van der Waals surface area contributed by atoms with E-state index in [1.54, 1.807) is 54.6 Å². The van der Waals surface area contributed by atoms with Gasteiger partial charge in [-0.25, -0.2) is 9.89 Å². The van der Waals surface area contributed by atoms with Crippen LogP contribution in [0.3, 0.4) is 0 Å². The molecule has 216 valence electrons. The quantitative estimate of drug-likeness (QED) is 0.212. The summed E-state index contributed by atoms with van der Waals surface area (Å²) in [4.78, 5) is 37.5. The number of aromatic nitrogens is 6. The Morgan fingerprint density at radius 2 is 1.86 bits per heavy atom. The average Bonchev–Trinajstić information content (AvgIpc) is 3.56. The van der Waals surface area contributed by atoms with Crippen LogP contribution in [0.5, 0.6) is 0 Å². The molecule has 0 spiro atoms. The predicted molar refractivity (Wildman–Crippen MR) is 161 cm³/mol. The van der Waals surface area contributed by atoms with Crippen LogP contribution in [0.15, 0.2) is 96.1 Å². The number of methoxy groups -OCH3 is 1. The number of rotatable bonds is 9. The van der Waals surface area contributed by atoms with E-state index in [1.165, 1.54) is 24.2 Å². The van der Waals surface area contributed by atoms with E-state index in [9.17, 15) is 14.4 Å². The lowest BCUT2D eigenvalue weighted by molar-refractivity contribution is -0.117. The zero-order valence-electron chi connectivity index (χ0n) is 22.8. The molecular formula is C30H25ClN8O4. The van der Waals surface area contributed by atoms with E-state index in [1.807, 2.05) is 30.3 Å². The minimum atomic E-state index is -0.604. The Balaban J connectivity index is 1.42. The van der Waals surface area contributed by atoms with Crippen molar-refractivity contribution in [3.63, 3.8) is 0 Å². The number of ether oxygens (including phenoxy) is 1. The third kappa shape index (κ3) is 7.37. The number of carbonyl (C=O) groups excluding carboxylic acids is 2. The van der Waals surface area contributed by atoms with Crippen molar-refractivity contribution >= 4 is 35.4 Å². The Morgan fingerprint density at radius 3 is 2.58 bits per heavy atom. The number of H-pyrrole nitrogens is 1. The highest BCUT2D eigenvalue weighted by Gasteiger charge is 2.19. The highest BCUT2D eigenvalue weighted by molar-refractivity contribution is 6.30. The van der Waals surface area contributed by atoms with Crippen molar-refractivity contribution in [3.05, 3.63) is 123 Å². The monoisotopic (exact) mass is 596 g/mol. The number of amides is 2. The van der Waals surface area contributed by atoms with Crippen LogP contribution in [0.25, 0.3) is 22.9 Å². The van der Waals surface area contributed by atoms with Crippen molar-refractivity contribution in [3.8, 4) is 16.8 Å². The number of hydrogen-bond donors (Lipinski definition) is 3. The van der Waals surface area contributed by atoms with Gasteiger partial charge >= 0.3 is 6.09 Å². The number of aromatic amines is 1. The molecule has 0 saturated carbocycles. The molecule has 3 N–H and O–H groups in total. The highest BCUT2D eigenvalue weighted by Crippen LogP contribution is 2.24. The smallest absolute Gasteiger partial charge is 0.411 e. The summed E-state index contributed by atoms with van der Waals surface area (Å²) in [6, 6.07) is 22.5. The van der Waals surface area contributed by atoms with Gasteiger partial charge in [-0.1, -0.05) is 54.1 Å². The summed E-state index contributed by atoms with van der Waals surface area (Å²) >= 11 is 6.21. The maximum atomic E-state index is 13.2. The van der Waals surface area contributed by atoms with Gasteiger partial charge in [-0.3, -0.25) is 14.9 Å². The maximum absolute atomic E-state index is 13.2. The number of benzene rings is 3. The summed E-state index contributed by atoms with van der Waals surface area (Å²) in [7, 11) is 1.27. The number of carbonyl (C=O) groups is 2. The van der Waals surface area contributed by atoms with Crippen molar-refractivity contribution < 1.29 is 14.3 Å². The van der Waals surface area contributed by atoms with Crippen LogP contribution in [0.1, 0.15) is 22.9 Å². The van der Waals surface area contributed by atoms with E-state index in [2.05, 4.69) is 41.1 Å². The fourth-order valence-corrected chi connectivity index (χ4v) is 4.50. The van der Waals surface area contributed by atoms with Gasteiger partial charge in [0.1, 0.15) is 6.33 Å². The summed E-state index contributed by atoms with van der Waals surface area (Å²) in [5.74, 6) is -0.392. The lowest BCUT2D eigenvalue weighted by Gasteiger charge is -2.18. The first-order valence-corrected chi connectivity index (χ1v) is 13.4. The van der Waals surface area contributed by atoms with Crippen LogP contribution in [-0.2, 0) is 16.0 Å². The van der Waals surface area contributed by atoms with Gasteiger partial charge in [-0.2, -0.15) is 9.78 Å². The molecule has 12 nitrogen and oxygen atoms in total. The van der Waals surface area contributed by atoms with Gasteiger partial charge in [0.15, 0.2) is 0 Å². The molecule has 0 bridgehead atoms. The number of nitrogens with zero attached hydrogens (tertiary/aromatic N) is 5. The first-order valence-electron chi connectivity index (χ1n) is 13.0. The van der Waals surface area contributed by atoms with Crippen LogP contribution >= 0.6 is 11.6 Å². The molecule has 1 atom stereocenters. The van der Waals surface area contributed by atoms with Crippen molar-refractivity contribution in [2.45, 2.75) is 12.5 Å². The molecule has 43 heavy (non-hydrogen) atoms. The van der Waals surface area contributed by atoms with Gasteiger partial charge in [-0.05, 0) is 70.4 Å². The van der Waals surface area contributed by atoms with Crippen molar-refractivity contribution in [1.82, 2.24) is 35.7 Å². The minimum Gasteiger partial charge on any atom is -0.453 e. The minimum absolute atomic E-state index is 0.350. The van der Waals surface area contributed by atoms with Crippen molar-refractivity contribution in [2.75, 3.05) is 12.4 Å². The molecule has 0 saturated heterocycles. The van der Waals surface area contributed by atoms with Crippen LogP contribution in [0, 0.1) is 0 Å². The molecule has 0 aliphatic carbocycles. The third-order valence-electron chi connectivity index (χ3n) is 6.41.